The molecule has 3 heterocycles. The summed E-state index contributed by atoms with van der Waals surface area (Å²) in [6, 6.07) is 13.9. The molecular weight excluding hydrogens is 376 g/mol. The zero-order valence-electron chi connectivity index (χ0n) is 17.5. The van der Waals surface area contributed by atoms with Crippen LogP contribution in [0.5, 0.6) is 0 Å². The lowest BCUT2D eigenvalue weighted by atomic mass is 10.0. The summed E-state index contributed by atoms with van der Waals surface area (Å²) in [5, 5.41) is 2.88. The lowest BCUT2D eigenvalue weighted by Gasteiger charge is -2.21. The second kappa shape index (κ2) is 7.80. The number of hydrogen-bond acceptors (Lipinski definition) is 4. The number of nitrogens with one attached hydrogen (secondary N) is 3. The molecule has 0 radical (unpaired) electrons. The number of hydrogen-bond donors (Lipinski definition) is 3. The van der Waals surface area contributed by atoms with Crippen molar-refractivity contribution in [1.82, 2.24) is 20.8 Å². The second-order valence-electron chi connectivity index (χ2n) is 8.38. The first kappa shape index (κ1) is 19.9. The molecule has 0 atom stereocenters. The van der Waals surface area contributed by atoms with Crippen LogP contribution in [0.3, 0.4) is 0 Å². The van der Waals surface area contributed by atoms with Gasteiger partial charge in [0.25, 0.3) is 5.91 Å². The zero-order chi connectivity index (χ0) is 21.3. The highest BCUT2D eigenvalue weighted by atomic mass is 16.7. The summed E-state index contributed by atoms with van der Waals surface area (Å²) in [6.45, 7) is 10.6. The van der Waals surface area contributed by atoms with Gasteiger partial charge in [0.1, 0.15) is 0 Å². The van der Waals surface area contributed by atoms with E-state index in [1.54, 1.807) is 6.20 Å². The molecule has 1 aromatic carbocycles. The molecule has 154 valence electrons. The predicted octanol–water partition coefficient (Wildman–Crippen LogP) is 4.32. The van der Waals surface area contributed by atoms with Crippen molar-refractivity contribution in [2.24, 2.45) is 0 Å². The maximum Gasteiger partial charge on any atom is 0.253 e. The Hall–Kier alpha value is -3.38. The van der Waals surface area contributed by atoms with Gasteiger partial charge in [-0.1, -0.05) is 30.8 Å². The molecule has 6 heteroatoms. The molecule has 0 aliphatic carbocycles. The summed E-state index contributed by atoms with van der Waals surface area (Å²) in [5.74, 6) is -0.0205. The van der Waals surface area contributed by atoms with E-state index in [2.05, 4.69) is 27.3 Å². The van der Waals surface area contributed by atoms with Gasteiger partial charge in [-0.3, -0.25) is 20.1 Å². The first-order chi connectivity index (χ1) is 14.3. The largest absolute Gasteiger partial charge is 0.358 e. The fourth-order valence-corrected chi connectivity index (χ4v) is 3.32. The first-order valence-corrected chi connectivity index (χ1v) is 10.0. The third-order valence-electron chi connectivity index (χ3n) is 4.89. The molecule has 6 nitrogen and oxygen atoms in total. The van der Waals surface area contributed by atoms with Gasteiger partial charge in [0, 0.05) is 41.7 Å². The minimum absolute atomic E-state index is 0.0205. The monoisotopic (exact) mass is 402 g/mol. The zero-order valence-corrected chi connectivity index (χ0v) is 17.5. The molecule has 3 N–H and O–H groups in total. The molecule has 0 unspecified atom stereocenters. The number of amides is 1. The van der Waals surface area contributed by atoms with E-state index < -0.39 is 0 Å². The maximum absolute atomic E-state index is 12.0. The van der Waals surface area contributed by atoms with E-state index in [9.17, 15) is 4.79 Å². The summed E-state index contributed by atoms with van der Waals surface area (Å²) in [4.78, 5) is 25.5. The number of rotatable bonds is 5. The van der Waals surface area contributed by atoms with E-state index in [0.29, 0.717) is 12.2 Å². The van der Waals surface area contributed by atoms with Crippen LogP contribution in [0.15, 0.2) is 55.2 Å². The van der Waals surface area contributed by atoms with Crippen LogP contribution >= 0.6 is 0 Å². The fraction of sp³-hybridized carbons (Fsp3) is 0.250. The van der Waals surface area contributed by atoms with E-state index in [1.165, 1.54) is 0 Å². The molecule has 1 aliphatic heterocycles. The van der Waals surface area contributed by atoms with Gasteiger partial charge >= 0.3 is 0 Å². The molecular formula is C24H26N4O2. The second-order valence-corrected chi connectivity index (χ2v) is 8.38. The number of carbonyl (C=O) groups is 1. The van der Waals surface area contributed by atoms with E-state index in [0.717, 1.165) is 45.8 Å². The Bertz CT molecular complexity index is 1090. The lowest BCUT2D eigenvalue weighted by Crippen LogP contribution is -2.31. The average molecular weight is 402 g/mol. The van der Waals surface area contributed by atoms with E-state index >= 15 is 0 Å². The van der Waals surface area contributed by atoms with Crippen LogP contribution in [0, 0.1) is 0 Å². The normalized spacial score (nSPS) is 13.5. The number of pyridine rings is 1. The lowest BCUT2D eigenvalue weighted by molar-refractivity contribution is -0.0469. The Labute approximate surface area is 176 Å². The van der Waals surface area contributed by atoms with E-state index in [-0.39, 0.29) is 11.5 Å². The van der Waals surface area contributed by atoms with Crippen molar-refractivity contribution >= 4 is 11.6 Å². The van der Waals surface area contributed by atoms with Crippen LogP contribution in [-0.4, -0.2) is 28.0 Å². The molecule has 2 aromatic heterocycles. The number of aromatic amines is 1. The summed E-state index contributed by atoms with van der Waals surface area (Å²) in [5.41, 5.74) is 9.75. The molecule has 0 saturated heterocycles. The standard InChI is InChI=1S/C24H26N4O2/c1-15(28-30-24(2,3)4)16-5-7-17(8-6-16)21-13-18(9-11-25-21)22-14-19-20(27-22)10-12-26-23(19)29/h5-9,11,13-14,27-28H,1,10,12H2,2-4H3,(H,26,29). The minimum Gasteiger partial charge on any atom is -0.358 e. The van der Waals surface area contributed by atoms with Crippen molar-refractivity contribution in [2.75, 3.05) is 6.54 Å². The fourth-order valence-electron chi connectivity index (χ4n) is 3.32. The third kappa shape index (κ3) is 4.28. The van der Waals surface area contributed by atoms with Crippen LogP contribution < -0.4 is 10.8 Å². The van der Waals surface area contributed by atoms with Gasteiger partial charge in [0.15, 0.2) is 0 Å². The van der Waals surface area contributed by atoms with Gasteiger partial charge in [-0.2, -0.15) is 0 Å². The van der Waals surface area contributed by atoms with Crippen molar-refractivity contribution < 1.29 is 9.63 Å². The number of H-pyrrole nitrogens is 1. The van der Waals surface area contributed by atoms with Gasteiger partial charge in [-0.25, -0.2) is 0 Å². The Balaban J connectivity index is 1.54. The summed E-state index contributed by atoms with van der Waals surface area (Å²) in [7, 11) is 0. The van der Waals surface area contributed by atoms with Crippen LogP contribution in [0.25, 0.3) is 28.2 Å². The molecule has 0 fully saturated rings. The smallest absolute Gasteiger partial charge is 0.253 e. The van der Waals surface area contributed by atoms with Crippen molar-refractivity contribution in [2.45, 2.75) is 32.8 Å². The molecule has 0 saturated carbocycles. The quantitative estimate of drug-likeness (QED) is 0.556. The number of fused-ring (bicyclic) bond motifs is 1. The van der Waals surface area contributed by atoms with Crippen molar-refractivity contribution in [3.8, 4) is 22.5 Å². The molecule has 1 aliphatic rings. The number of aromatic nitrogens is 2. The third-order valence-corrected chi connectivity index (χ3v) is 4.89. The molecule has 0 spiro atoms. The van der Waals surface area contributed by atoms with Crippen molar-refractivity contribution in [3.63, 3.8) is 0 Å². The Morgan fingerprint density at radius 3 is 2.60 bits per heavy atom. The van der Waals surface area contributed by atoms with Crippen LogP contribution in [0.2, 0.25) is 0 Å². The first-order valence-electron chi connectivity index (χ1n) is 10.0. The molecule has 30 heavy (non-hydrogen) atoms. The summed E-state index contributed by atoms with van der Waals surface area (Å²) >= 11 is 0. The Morgan fingerprint density at radius 2 is 1.90 bits per heavy atom. The molecule has 1 amide bonds. The van der Waals surface area contributed by atoms with Crippen LogP contribution in [0.4, 0.5) is 0 Å². The number of benzene rings is 1. The SMILES string of the molecule is C=C(NOC(C)(C)C)c1ccc(-c2cc(-c3cc4c([nH]3)CCNC4=O)ccn2)cc1. The Kier molecular flexibility index (Phi) is 5.18. The molecule has 3 aromatic rings. The van der Waals surface area contributed by atoms with Gasteiger partial charge in [0.2, 0.25) is 0 Å². The number of carbonyl (C=O) groups excluding carboxylic acids is 1. The van der Waals surface area contributed by atoms with E-state index in [1.807, 2.05) is 63.2 Å². The van der Waals surface area contributed by atoms with Gasteiger partial charge in [0.05, 0.1) is 22.6 Å². The molecule has 0 bridgehead atoms. The number of nitrogens with zero attached hydrogens (tertiary/aromatic N) is 1. The van der Waals surface area contributed by atoms with Gasteiger partial charge in [-0.15, -0.1) is 0 Å². The van der Waals surface area contributed by atoms with Crippen LogP contribution in [-0.2, 0) is 11.3 Å². The highest BCUT2D eigenvalue weighted by Gasteiger charge is 2.20. The average Bonchev–Trinajstić information content (AvgIpc) is 3.18. The predicted molar refractivity (Wildman–Crippen MR) is 119 cm³/mol. The minimum atomic E-state index is -0.301. The summed E-state index contributed by atoms with van der Waals surface area (Å²) < 4.78 is 0. The highest BCUT2D eigenvalue weighted by Crippen LogP contribution is 2.27. The topological polar surface area (TPSA) is 79.0 Å². The van der Waals surface area contributed by atoms with Crippen molar-refractivity contribution in [1.29, 1.82) is 0 Å². The highest BCUT2D eigenvalue weighted by molar-refractivity contribution is 5.97. The molecule has 4 rings (SSSR count). The maximum atomic E-state index is 12.0. The van der Waals surface area contributed by atoms with Crippen LogP contribution in [0.1, 0.15) is 42.4 Å². The van der Waals surface area contributed by atoms with E-state index in [4.69, 9.17) is 4.84 Å². The van der Waals surface area contributed by atoms with Gasteiger partial charge < -0.3 is 10.3 Å². The Morgan fingerprint density at radius 1 is 1.13 bits per heavy atom. The van der Waals surface area contributed by atoms with Crippen molar-refractivity contribution in [3.05, 3.63) is 72.1 Å². The number of hydroxylamine groups is 1. The van der Waals surface area contributed by atoms with Gasteiger partial charge in [-0.05, 0) is 44.5 Å². The summed E-state index contributed by atoms with van der Waals surface area (Å²) in [6.07, 6.45) is 2.60.